The van der Waals surface area contributed by atoms with Gasteiger partial charge in [0.1, 0.15) is 23.3 Å². The van der Waals surface area contributed by atoms with Crippen LogP contribution in [0.3, 0.4) is 0 Å². The van der Waals surface area contributed by atoms with Gasteiger partial charge >= 0.3 is 0 Å². The zero-order chi connectivity index (χ0) is 24.1. The van der Waals surface area contributed by atoms with E-state index in [1.54, 1.807) is 51.3 Å². The molecule has 0 aliphatic rings. The van der Waals surface area contributed by atoms with Crippen molar-refractivity contribution < 1.29 is 27.4 Å². The Balaban J connectivity index is 2.40. The third-order valence-corrected chi connectivity index (χ3v) is 6.46. The summed E-state index contributed by atoms with van der Waals surface area (Å²) in [5, 5.41) is 3.13. The number of halogens is 1. The first kappa shape index (κ1) is 25.6. The van der Waals surface area contributed by atoms with Crippen molar-refractivity contribution in [3.05, 3.63) is 47.0 Å². The minimum Gasteiger partial charge on any atom is -0.497 e. The number of carbonyl (C=O) groups is 1. The molecule has 0 aromatic heterocycles. The molecule has 0 radical (unpaired) electrons. The summed E-state index contributed by atoms with van der Waals surface area (Å²) in [6.45, 7) is 3.53. The van der Waals surface area contributed by atoms with Gasteiger partial charge in [0.2, 0.25) is 15.9 Å². The summed E-state index contributed by atoms with van der Waals surface area (Å²) in [5.41, 5.74) is 0.973. The maximum absolute atomic E-state index is 13.2. The molecule has 0 bridgehead atoms. The first-order valence-corrected chi connectivity index (χ1v) is 12.1. The van der Waals surface area contributed by atoms with Gasteiger partial charge in [-0.1, -0.05) is 18.5 Å². The first-order valence-electron chi connectivity index (χ1n) is 9.92. The van der Waals surface area contributed by atoms with Gasteiger partial charge in [-0.25, -0.2) is 8.42 Å². The molecule has 1 amide bonds. The van der Waals surface area contributed by atoms with Crippen molar-refractivity contribution in [3.8, 4) is 17.2 Å². The lowest BCUT2D eigenvalue weighted by atomic mass is 10.1. The van der Waals surface area contributed by atoms with Crippen LogP contribution in [0, 0.1) is 0 Å². The molecule has 2 atom stereocenters. The Morgan fingerprint density at radius 3 is 2.19 bits per heavy atom. The summed E-state index contributed by atoms with van der Waals surface area (Å²) < 4.78 is 42.2. The predicted molar refractivity (Wildman–Crippen MR) is 126 cm³/mol. The van der Waals surface area contributed by atoms with Crippen LogP contribution in [0.4, 0.5) is 5.69 Å². The second kappa shape index (κ2) is 10.8. The number of amides is 1. The maximum Gasteiger partial charge on any atom is 0.244 e. The summed E-state index contributed by atoms with van der Waals surface area (Å²) in [5.74, 6) is 1.13. The first-order chi connectivity index (χ1) is 15.1. The highest BCUT2D eigenvalue weighted by Crippen LogP contribution is 2.33. The van der Waals surface area contributed by atoms with Gasteiger partial charge in [-0.2, -0.15) is 0 Å². The average molecular weight is 485 g/mol. The monoisotopic (exact) mass is 484 g/mol. The van der Waals surface area contributed by atoms with Gasteiger partial charge in [-0.15, -0.1) is 0 Å². The smallest absolute Gasteiger partial charge is 0.244 e. The lowest BCUT2D eigenvalue weighted by molar-refractivity contribution is -0.122. The van der Waals surface area contributed by atoms with Crippen LogP contribution in [-0.4, -0.2) is 48.0 Å². The van der Waals surface area contributed by atoms with Gasteiger partial charge in [0, 0.05) is 5.56 Å². The zero-order valence-corrected chi connectivity index (χ0v) is 20.6. The van der Waals surface area contributed by atoms with Crippen LogP contribution in [0.1, 0.15) is 31.9 Å². The molecule has 0 unspecified atom stereocenters. The topological polar surface area (TPSA) is 94.2 Å². The SMILES string of the molecule is CC[C@H](C(=O)N[C@H](C)c1cc(OC)ccc1OC)N(c1ccc(OC)c(Cl)c1)S(C)(=O)=O. The second-order valence-electron chi connectivity index (χ2n) is 7.14. The highest BCUT2D eigenvalue weighted by molar-refractivity contribution is 7.92. The van der Waals surface area contributed by atoms with E-state index in [0.29, 0.717) is 22.8 Å². The van der Waals surface area contributed by atoms with E-state index in [1.165, 1.54) is 20.3 Å². The molecule has 10 heteroatoms. The zero-order valence-electron chi connectivity index (χ0n) is 19.0. The number of hydrogen-bond acceptors (Lipinski definition) is 6. The fraction of sp³-hybridized carbons (Fsp3) is 0.409. The van der Waals surface area contributed by atoms with E-state index in [9.17, 15) is 13.2 Å². The molecule has 0 aliphatic carbocycles. The predicted octanol–water partition coefficient (Wildman–Crippen LogP) is 3.79. The van der Waals surface area contributed by atoms with Crippen LogP contribution in [0.25, 0.3) is 0 Å². The standard InChI is InChI=1S/C22H29ClN2O6S/c1-7-19(25(32(6,27)28)15-8-10-21(31-5)18(23)12-15)22(26)24-14(2)17-13-16(29-3)9-11-20(17)30-4/h8-14,19H,7H2,1-6H3,(H,24,26)/t14-,19-/m1/s1. The van der Waals surface area contributed by atoms with Crippen LogP contribution in [0.5, 0.6) is 17.2 Å². The Hall–Kier alpha value is -2.65. The molecule has 0 saturated carbocycles. The van der Waals surface area contributed by atoms with Crippen LogP contribution in [-0.2, 0) is 14.8 Å². The lowest BCUT2D eigenvalue weighted by Gasteiger charge is -2.31. The van der Waals surface area contributed by atoms with Gasteiger partial charge in [0.25, 0.3) is 0 Å². The third-order valence-electron chi connectivity index (χ3n) is 4.98. The van der Waals surface area contributed by atoms with E-state index in [4.69, 9.17) is 25.8 Å². The average Bonchev–Trinajstić information content (AvgIpc) is 2.75. The Bertz CT molecular complexity index is 1060. The van der Waals surface area contributed by atoms with Crippen molar-refractivity contribution in [1.29, 1.82) is 0 Å². The molecule has 0 saturated heterocycles. The molecular weight excluding hydrogens is 456 g/mol. The van der Waals surface area contributed by atoms with E-state index in [-0.39, 0.29) is 17.1 Å². The molecule has 8 nitrogen and oxygen atoms in total. The number of ether oxygens (including phenoxy) is 3. The normalized spacial score (nSPS) is 13.1. The molecule has 2 aromatic carbocycles. The number of benzene rings is 2. The van der Waals surface area contributed by atoms with Gasteiger partial charge in [-0.3, -0.25) is 9.10 Å². The Morgan fingerprint density at radius 1 is 1.06 bits per heavy atom. The van der Waals surface area contributed by atoms with Gasteiger partial charge in [0.15, 0.2) is 0 Å². The maximum atomic E-state index is 13.2. The van der Waals surface area contributed by atoms with Crippen LogP contribution < -0.4 is 23.8 Å². The molecule has 32 heavy (non-hydrogen) atoms. The fourth-order valence-electron chi connectivity index (χ4n) is 3.42. The van der Waals surface area contributed by atoms with Crippen molar-refractivity contribution in [3.63, 3.8) is 0 Å². The number of anilines is 1. The molecular formula is C22H29ClN2O6S. The lowest BCUT2D eigenvalue weighted by Crippen LogP contribution is -2.49. The van der Waals surface area contributed by atoms with Crippen molar-refractivity contribution in [2.75, 3.05) is 31.9 Å². The van der Waals surface area contributed by atoms with Crippen molar-refractivity contribution in [2.24, 2.45) is 0 Å². The van der Waals surface area contributed by atoms with Crippen molar-refractivity contribution in [1.82, 2.24) is 5.32 Å². The molecule has 0 heterocycles. The Labute approximate surface area is 194 Å². The van der Waals surface area contributed by atoms with E-state index < -0.39 is 28.0 Å². The molecule has 0 aliphatic heterocycles. The fourth-order valence-corrected chi connectivity index (χ4v) is 4.87. The van der Waals surface area contributed by atoms with Crippen LogP contribution >= 0.6 is 11.6 Å². The quantitative estimate of drug-likeness (QED) is 0.551. The highest BCUT2D eigenvalue weighted by Gasteiger charge is 2.33. The van der Waals surface area contributed by atoms with Crippen LogP contribution in [0.2, 0.25) is 5.02 Å². The van der Waals surface area contributed by atoms with Crippen molar-refractivity contribution >= 4 is 33.2 Å². The van der Waals surface area contributed by atoms with E-state index >= 15 is 0 Å². The van der Waals surface area contributed by atoms with E-state index in [2.05, 4.69) is 5.32 Å². The van der Waals surface area contributed by atoms with Crippen molar-refractivity contribution in [2.45, 2.75) is 32.4 Å². The summed E-state index contributed by atoms with van der Waals surface area (Å²) in [4.78, 5) is 13.2. The number of hydrogen-bond donors (Lipinski definition) is 1. The Morgan fingerprint density at radius 2 is 1.69 bits per heavy atom. The van der Waals surface area contributed by atoms with E-state index in [0.717, 1.165) is 10.6 Å². The second-order valence-corrected chi connectivity index (χ2v) is 9.41. The molecule has 176 valence electrons. The van der Waals surface area contributed by atoms with Gasteiger partial charge in [0.05, 0.1) is 44.3 Å². The minimum atomic E-state index is -3.81. The number of methoxy groups -OCH3 is 3. The summed E-state index contributed by atoms with van der Waals surface area (Å²) >= 11 is 6.20. The third kappa shape index (κ3) is 5.77. The number of nitrogens with zero attached hydrogens (tertiary/aromatic N) is 1. The molecule has 0 spiro atoms. The largest absolute Gasteiger partial charge is 0.497 e. The molecule has 1 N–H and O–H groups in total. The van der Waals surface area contributed by atoms with Gasteiger partial charge in [-0.05, 0) is 49.7 Å². The molecule has 2 rings (SSSR count). The number of sulfonamides is 1. The van der Waals surface area contributed by atoms with Gasteiger partial charge < -0.3 is 19.5 Å². The highest BCUT2D eigenvalue weighted by atomic mass is 35.5. The number of carbonyl (C=O) groups excluding carboxylic acids is 1. The van der Waals surface area contributed by atoms with E-state index in [1.807, 2.05) is 0 Å². The number of nitrogens with one attached hydrogen (secondary N) is 1. The van der Waals surface area contributed by atoms with Crippen LogP contribution in [0.15, 0.2) is 36.4 Å². The number of rotatable bonds is 10. The summed E-state index contributed by atoms with van der Waals surface area (Å²) in [6, 6.07) is 8.38. The Kier molecular flexibility index (Phi) is 8.63. The molecule has 0 fully saturated rings. The summed E-state index contributed by atoms with van der Waals surface area (Å²) in [7, 11) is 0.741. The molecule has 2 aromatic rings. The minimum absolute atomic E-state index is 0.239. The summed E-state index contributed by atoms with van der Waals surface area (Å²) in [6.07, 6.45) is 1.29.